The van der Waals surface area contributed by atoms with E-state index in [9.17, 15) is 14.4 Å². The minimum absolute atomic E-state index is 0.0601. The second-order valence-corrected chi connectivity index (χ2v) is 6.37. The summed E-state index contributed by atoms with van der Waals surface area (Å²) in [5.74, 6) is -1.38. The van der Waals surface area contributed by atoms with Crippen LogP contribution in [0.5, 0.6) is 5.75 Å². The third-order valence-electron chi connectivity index (χ3n) is 4.43. The lowest BCUT2D eigenvalue weighted by molar-refractivity contribution is -0.126. The molecule has 2 aromatic rings. The van der Waals surface area contributed by atoms with Crippen molar-refractivity contribution in [3.05, 3.63) is 47.4 Å². The highest BCUT2D eigenvalue weighted by atomic mass is 16.5. The second kappa shape index (κ2) is 7.53. The Morgan fingerprint density at radius 3 is 2.78 bits per heavy atom. The lowest BCUT2D eigenvalue weighted by atomic mass is 10.1. The maximum atomic E-state index is 12.4. The molecule has 27 heavy (non-hydrogen) atoms. The van der Waals surface area contributed by atoms with Crippen LogP contribution in [0.25, 0.3) is 0 Å². The summed E-state index contributed by atoms with van der Waals surface area (Å²) < 4.78 is 10.4. The first kappa shape index (κ1) is 18.5. The average Bonchev–Trinajstić information content (AvgIpc) is 3.26. The number of hydrogen-bond acceptors (Lipinski definition) is 5. The van der Waals surface area contributed by atoms with Crippen molar-refractivity contribution in [1.82, 2.24) is 5.32 Å². The molecule has 1 aliphatic rings. The van der Waals surface area contributed by atoms with Crippen LogP contribution in [0.15, 0.2) is 34.7 Å². The number of carbonyl (C=O) groups excluding carboxylic acids is 2. The Morgan fingerprint density at radius 2 is 2.11 bits per heavy atom. The number of carboxylic acid groups (broad SMARTS) is 1. The number of carboxylic acids is 1. The third-order valence-corrected chi connectivity index (χ3v) is 4.43. The topological polar surface area (TPSA) is 109 Å². The smallest absolute Gasteiger partial charge is 0.371 e. The van der Waals surface area contributed by atoms with Crippen LogP contribution in [0.4, 0.5) is 5.69 Å². The Balaban J connectivity index is 1.65. The molecule has 2 amide bonds. The van der Waals surface area contributed by atoms with E-state index in [0.717, 1.165) is 5.56 Å². The third kappa shape index (κ3) is 3.94. The molecule has 1 aliphatic heterocycles. The molecule has 2 N–H and O–H groups in total. The second-order valence-electron chi connectivity index (χ2n) is 6.37. The van der Waals surface area contributed by atoms with Gasteiger partial charge in [-0.2, -0.15) is 0 Å². The van der Waals surface area contributed by atoms with E-state index in [2.05, 4.69) is 5.32 Å². The summed E-state index contributed by atoms with van der Waals surface area (Å²) in [7, 11) is 1.54. The van der Waals surface area contributed by atoms with Gasteiger partial charge < -0.3 is 24.5 Å². The normalized spacial score (nSPS) is 16.4. The van der Waals surface area contributed by atoms with Gasteiger partial charge in [-0.15, -0.1) is 0 Å². The number of rotatable bonds is 6. The van der Waals surface area contributed by atoms with Crippen LogP contribution in [0.3, 0.4) is 0 Å². The fraction of sp³-hybridized carbons (Fsp3) is 0.316. The number of ether oxygens (including phenoxy) is 1. The van der Waals surface area contributed by atoms with E-state index in [1.807, 2.05) is 19.1 Å². The largest absolute Gasteiger partial charge is 0.495 e. The number of aryl methyl sites for hydroxylation is 1. The first-order chi connectivity index (χ1) is 12.9. The minimum Gasteiger partial charge on any atom is -0.495 e. The number of hydrogen-bond donors (Lipinski definition) is 2. The molecule has 0 aliphatic carbocycles. The van der Waals surface area contributed by atoms with Crippen molar-refractivity contribution in [2.45, 2.75) is 19.9 Å². The molecule has 0 radical (unpaired) electrons. The highest BCUT2D eigenvalue weighted by Crippen LogP contribution is 2.33. The molecule has 1 atom stereocenters. The van der Waals surface area contributed by atoms with Gasteiger partial charge in [0, 0.05) is 13.0 Å². The van der Waals surface area contributed by atoms with E-state index < -0.39 is 11.9 Å². The lowest BCUT2D eigenvalue weighted by Crippen LogP contribution is -2.32. The number of benzene rings is 1. The van der Waals surface area contributed by atoms with Gasteiger partial charge in [0.2, 0.25) is 17.6 Å². The number of aromatic carboxylic acids is 1. The van der Waals surface area contributed by atoms with Gasteiger partial charge in [-0.1, -0.05) is 6.07 Å². The van der Waals surface area contributed by atoms with Crippen molar-refractivity contribution < 1.29 is 28.6 Å². The summed E-state index contributed by atoms with van der Waals surface area (Å²) in [6, 6.07) is 8.36. The van der Waals surface area contributed by atoms with Gasteiger partial charge in [0.25, 0.3) is 0 Å². The van der Waals surface area contributed by atoms with E-state index in [0.29, 0.717) is 17.2 Å². The van der Waals surface area contributed by atoms with Crippen molar-refractivity contribution in [3.63, 3.8) is 0 Å². The zero-order valence-electron chi connectivity index (χ0n) is 15.0. The van der Waals surface area contributed by atoms with Gasteiger partial charge in [0.15, 0.2) is 0 Å². The average molecular weight is 372 g/mol. The van der Waals surface area contributed by atoms with Crippen molar-refractivity contribution >= 4 is 23.5 Å². The molecule has 8 nitrogen and oxygen atoms in total. The Morgan fingerprint density at radius 1 is 1.33 bits per heavy atom. The summed E-state index contributed by atoms with van der Waals surface area (Å²) in [4.78, 5) is 37.2. The van der Waals surface area contributed by atoms with E-state index in [-0.39, 0.29) is 37.1 Å². The number of nitrogens with zero attached hydrogens (tertiary/aromatic N) is 1. The first-order valence-electron chi connectivity index (χ1n) is 8.43. The predicted molar refractivity (Wildman–Crippen MR) is 95.7 cm³/mol. The summed E-state index contributed by atoms with van der Waals surface area (Å²) in [6.45, 7) is 2.23. The SMILES string of the molecule is COc1ccc(C)cc1N1CC(C(=O)NCc2ccc(C(=O)O)o2)CC1=O. The number of furan rings is 1. The van der Waals surface area contributed by atoms with E-state index in [1.165, 1.54) is 19.2 Å². The summed E-state index contributed by atoms with van der Waals surface area (Å²) >= 11 is 0. The Hall–Kier alpha value is -3.29. The Labute approximate surface area is 155 Å². The highest BCUT2D eigenvalue weighted by Gasteiger charge is 2.36. The predicted octanol–water partition coefficient (Wildman–Crippen LogP) is 1.96. The highest BCUT2D eigenvalue weighted by molar-refractivity contribution is 6.01. The van der Waals surface area contributed by atoms with E-state index >= 15 is 0 Å². The minimum atomic E-state index is -1.17. The number of methoxy groups -OCH3 is 1. The monoisotopic (exact) mass is 372 g/mol. The van der Waals surface area contributed by atoms with Crippen LogP contribution in [-0.2, 0) is 16.1 Å². The molecular weight excluding hydrogens is 352 g/mol. The molecule has 1 aromatic heterocycles. The van der Waals surface area contributed by atoms with Crippen molar-refractivity contribution in [3.8, 4) is 5.75 Å². The number of nitrogens with one attached hydrogen (secondary N) is 1. The van der Waals surface area contributed by atoms with Gasteiger partial charge in [-0.3, -0.25) is 9.59 Å². The van der Waals surface area contributed by atoms with Crippen LogP contribution in [0.2, 0.25) is 0 Å². The standard InChI is InChI=1S/C19H20N2O6/c1-11-3-5-15(26-2)14(7-11)21-10-12(8-17(21)22)18(23)20-9-13-4-6-16(27-13)19(24)25/h3-7,12H,8-10H2,1-2H3,(H,20,23)(H,24,25). The molecule has 142 valence electrons. The first-order valence-corrected chi connectivity index (χ1v) is 8.43. The maximum Gasteiger partial charge on any atom is 0.371 e. The molecule has 1 unspecified atom stereocenters. The fourth-order valence-electron chi connectivity index (χ4n) is 3.03. The zero-order valence-corrected chi connectivity index (χ0v) is 15.0. The number of amides is 2. The summed E-state index contributed by atoms with van der Waals surface area (Å²) in [5.41, 5.74) is 1.63. The van der Waals surface area contributed by atoms with Crippen molar-refractivity contribution in [2.75, 3.05) is 18.6 Å². The van der Waals surface area contributed by atoms with Crippen LogP contribution in [-0.4, -0.2) is 36.5 Å². The van der Waals surface area contributed by atoms with Gasteiger partial charge >= 0.3 is 5.97 Å². The van der Waals surface area contributed by atoms with E-state index in [1.54, 1.807) is 11.0 Å². The lowest BCUT2D eigenvalue weighted by Gasteiger charge is -2.20. The quantitative estimate of drug-likeness (QED) is 0.802. The van der Waals surface area contributed by atoms with Crippen LogP contribution < -0.4 is 15.0 Å². The molecule has 0 spiro atoms. The number of anilines is 1. The Bertz CT molecular complexity index is 888. The molecule has 0 saturated carbocycles. The Kier molecular flexibility index (Phi) is 5.16. The van der Waals surface area contributed by atoms with Crippen LogP contribution in [0, 0.1) is 12.8 Å². The summed E-state index contributed by atoms with van der Waals surface area (Å²) in [6.07, 6.45) is 0.0987. The molecule has 1 fully saturated rings. The summed E-state index contributed by atoms with van der Waals surface area (Å²) in [5, 5.41) is 11.5. The zero-order chi connectivity index (χ0) is 19.6. The van der Waals surface area contributed by atoms with Crippen LogP contribution >= 0.6 is 0 Å². The molecule has 8 heteroatoms. The van der Waals surface area contributed by atoms with Gasteiger partial charge in [-0.25, -0.2) is 4.79 Å². The van der Waals surface area contributed by atoms with Gasteiger partial charge in [-0.05, 0) is 36.8 Å². The molecule has 2 heterocycles. The van der Waals surface area contributed by atoms with Crippen molar-refractivity contribution in [2.24, 2.45) is 5.92 Å². The molecule has 1 saturated heterocycles. The maximum absolute atomic E-state index is 12.4. The fourth-order valence-corrected chi connectivity index (χ4v) is 3.03. The van der Waals surface area contributed by atoms with Crippen LogP contribution in [0.1, 0.15) is 28.3 Å². The molecule has 1 aromatic carbocycles. The number of carbonyl (C=O) groups is 3. The molecule has 0 bridgehead atoms. The van der Waals surface area contributed by atoms with Gasteiger partial charge in [0.1, 0.15) is 11.5 Å². The van der Waals surface area contributed by atoms with E-state index in [4.69, 9.17) is 14.3 Å². The van der Waals surface area contributed by atoms with Gasteiger partial charge in [0.05, 0.1) is 25.3 Å². The van der Waals surface area contributed by atoms with Crippen molar-refractivity contribution in [1.29, 1.82) is 0 Å². The molecule has 3 rings (SSSR count). The molecular formula is C19H20N2O6.